The van der Waals surface area contributed by atoms with Crippen LogP contribution in [0.1, 0.15) is 29.7 Å². The topological polar surface area (TPSA) is 72.4 Å². The lowest BCUT2D eigenvalue weighted by Crippen LogP contribution is -2.57. The molecule has 0 heterocycles. The third-order valence-electron chi connectivity index (χ3n) is 4.63. The van der Waals surface area contributed by atoms with Crippen LogP contribution in [0.5, 0.6) is 11.5 Å². The molecule has 0 saturated carbocycles. The van der Waals surface area contributed by atoms with Crippen LogP contribution in [-0.2, 0) is 22.7 Å². The molecule has 0 aliphatic rings. The van der Waals surface area contributed by atoms with Crippen molar-refractivity contribution in [2.24, 2.45) is 0 Å². The molecule has 0 saturated heterocycles. The van der Waals surface area contributed by atoms with E-state index in [4.69, 9.17) is 37.4 Å². The van der Waals surface area contributed by atoms with Crippen LogP contribution in [0.25, 0.3) is 0 Å². The van der Waals surface area contributed by atoms with Gasteiger partial charge in [0.25, 0.3) is 0 Å². The second-order valence-corrected chi connectivity index (χ2v) is 7.55. The number of rotatable bonds is 9. The molecule has 0 radical (unpaired) electrons. The highest BCUT2D eigenvalue weighted by atomic mass is 35.5. The number of esters is 1. The number of para-hydroxylation sites is 1. The Kier molecular flexibility index (Phi) is 8.18. The molecule has 3 aromatic carbocycles. The molecule has 0 fully saturated rings. The molecular weight excluding hydrogens is 437 g/mol. The molecule has 0 spiro atoms. The van der Waals surface area contributed by atoms with E-state index in [1.807, 2.05) is 36.4 Å². The van der Waals surface area contributed by atoms with Crippen molar-refractivity contribution < 1.29 is 24.7 Å². The van der Waals surface area contributed by atoms with E-state index in [0.717, 1.165) is 11.1 Å². The van der Waals surface area contributed by atoms with Gasteiger partial charge in [-0.15, -0.1) is 0 Å². The standard InChI is InChI=1S/C24H23Cl2NO4/c1-2-29-24(28)22(27)18-10-7-13-21(30-14-16-8-3-5-11-19(16)25)23(18)31-15-17-9-4-6-12-20(17)26/h3-13,22H,2,14-15,27H2,1H3/p+1. The van der Waals surface area contributed by atoms with Gasteiger partial charge in [0.15, 0.2) is 11.5 Å². The SMILES string of the molecule is CCOC(=O)C([NH3+])c1cccc(OCc2ccccc2Cl)c1OCc1ccccc1Cl. The Morgan fingerprint density at radius 1 is 0.871 bits per heavy atom. The molecule has 3 rings (SSSR count). The first-order chi connectivity index (χ1) is 15.0. The maximum absolute atomic E-state index is 12.3. The van der Waals surface area contributed by atoms with Crippen LogP contribution in [0.15, 0.2) is 66.7 Å². The third-order valence-corrected chi connectivity index (χ3v) is 5.36. The minimum absolute atomic E-state index is 0.203. The number of hydrogen-bond donors (Lipinski definition) is 1. The summed E-state index contributed by atoms with van der Waals surface area (Å²) in [6, 6.07) is 19.4. The Labute approximate surface area is 191 Å². The van der Waals surface area contributed by atoms with Crippen molar-refractivity contribution in [3.05, 3.63) is 93.5 Å². The average molecular weight is 461 g/mol. The normalized spacial score (nSPS) is 11.6. The van der Waals surface area contributed by atoms with Crippen LogP contribution in [0.4, 0.5) is 0 Å². The molecule has 0 amide bonds. The Bertz CT molecular complexity index is 1040. The minimum Gasteiger partial charge on any atom is -0.485 e. The molecule has 1 unspecified atom stereocenters. The van der Waals surface area contributed by atoms with E-state index < -0.39 is 12.0 Å². The maximum Gasteiger partial charge on any atom is 0.369 e. The summed E-state index contributed by atoms with van der Waals surface area (Å²) in [5.41, 5.74) is 6.20. The highest BCUT2D eigenvalue weighted by Crippen LogP contribution is 2.36. The number of benzene rings is 3. The fourth-order valence-corrected chi connectivity index (χ4v) is 3.36. The lowest BCUT2D eigenvalue weighted by Gasteiger charge is -2.18. The molecule has 0 bridgehead atoms. The maximum atomic E-state index is 12.3. The van der Waals surface area contributed by atoms with Crippen molar-refractivity contribution >= 4 is 29.2 Å². The minimum atomic E-state index is -0.773. The zero-order valence-electron chi connectivity index (χ0n) is 17.1. The van der Waals surface area contributed by atoms with Gasteiger partial charge in [0, 0.05) is 21.2 Å². The van der Waals surface area contributed by atoms with E-state index in [-0.39, 0.29) is 19.8 Å². The highest BCUT2D eigenvalue weighted by molar-refractivity contribution is 6.31. The van der Waals surface area contributed by atoms with E-state index in [1.165, 1.54) is 0 Å². The van der Waals surface area contributed by atoms with Gasteiger partial charge in [-0.25, -0.2) is 4.79 Å². The zero-order chi connectivity index (χ0) is 22.2. The second kappa shape index (κ2) is 11.0. The van der Waals surface area contributed by atoms with Gasteiger partial charge >= 0.3 is 5.97 Å². The highest BCUT2D eigenvalue weighted by Gasteiger charge is 2.27. The van der Waals surface area contributed by atoms with Crippen LogP contribution in [0.2, 0.25) is 10.0 Å². The van der Waals surface area contributed by atoms with E-state index in [0.29, 0.717) is 27.1 Å². The van der Waals surface area contributed by atoms with E-state index in [9.17, 15) is 4.79 Å². The lowest BCUT2D eigenvalue weighted by molar-refractivity contribution is -0.414. The third kappa shape index (κ3) is 5.91. The van der Waals surface area contributed by atoms with Gasteiger partial charge in [0.1, 0.15) is 13.2 Å². The molecule has 162 valence electrons. The Morgan fingerprint density at radius 2 is 1.45 bits per heavy atom. The van der Waals surface area contributed by atoms with Crippen LogP contribution in [-0.4, -0.2) is 12.6 Å². The molecule has 0 aliphatic carbocycles. The predicted octanol–water partition coefficient (Wildman–Crippen LogP) is 5.00. The summed E-state index contributed by atoms with van der Waals surface area (Å²) in [5, 5.41) is 1.20. The number of carbonyl (C=O) groups is 1. The van der Waals surface area contributed by atoms with E-state index >= 15 is 0 Å². The molecule has 7 heteroatoms. The zero-order valence-corrected chi connectivity index (χ0v) is 18.7. The van der Waals surface area contributed by atoms with Gasteiger partial charge in [-0.05, 0) is 31.2 Å². The van der Waals surface area contributed by atoms with Crippen LogP contribution in [0.3, 0.4) is 0 Å². The summed E-state index contributed by atoms with van der Waals surface area (Å²) in [6.45, 7) is 2.47. The summed E-state index contributed by atoms with van der Waals surface area (Å²) in [4.78, 5) is 12.3. The second-order valence-electron chi connectivity index (χ2n) is 6.74. The van der Waals surface area contributed by atoms with Gasteiger partial charge in [0.2, 0.25) is 6.04 Å². The smallest absolute Gasteiger partial charge is 0.369 e. The molecule has 3 aromatic rings. The average Bonchev–Trinajstić information content (AvgIpc) is 2.78. The van der Waals surface area contributed by atoms with Gasteiger partial charge in [-0.2, -0.15) is 0 Å². The number of carbonyl (C=O) groups excluding carboxylic acids is 1. The first kappa shape index (κ1) is 22.9. The number of ether oxygens (including phenoxy) is 3. The molecule has 0 aliphatic heterocycles. The predicted molar refractivity (Wildman–Crippen MR) is 120 cm³/mol. The molecular formula is C24H24Cl2NO4+. The summed E-state index contributed by atoms with van der Waals surface area (Å²) >= 11 is 12.5. The van der Waals surface area contributed by atoms with Crippen LogP contribution in [0, 0.1) is 0 Å². The summed E-state index contributed by atoms with van der Waals surface area (Å²) in [5.74, 6) is 0.457. The van der Waals surface area contributed by atoms with Gasteiger partial charge in [-0.1, -0.05) is 65.7 Å². The molecule has 5 nitrogen and oxygen atoms in total. The van der Waals surface area contributed by atoms with Crippen molar-refractivity contribution in [1.29, 1.82) is 0 Å². The fourth-order valence-electron chi connectivity index (χ4n) is 2.98. The van der Waals surface area contributed by atoms with Gasteiger partial charge in [-0.3, -0.25) is 0 Å². The number of halogens is 2. The summed E-state index contributed by atoms with van der Waals surface area (Å²) in [6.07, 6.45) is 0. The summed E-state index contributed by atoms with van der Waals surface area (Å²) < 4.78 is 17.3. The first-order valence-corrected chi connectivity index (χ1v) is 10.6. The number of hydrogen-bond acceptors (Lipinski definition) is 4. The molecule has 31 heavy (non-hydrogen) atoms. The Balaban J connectivity index is 1.91. The molecule has 0 aromatic heterocycles. The monoisotopic (exact) mass is 460 g/mol. The Morgan fingerprint density at radius 3 is 2.03 bits per heavy atom. The van der Waals surface area contributed by atoms with E-state index in [1.54, 1.807) is 37.3 Å². The van der Waals surface area contributed by atoms with Crippen molar-refractivity contribution in [2.45, 2.75) is 26.2 Å². The Hall–Kier alpha value is -2.73. The van der Waals surface area contributed by atoms with Crippen LogP contribution >= 0.6 is 23.2 Å². The van der Waals surface area contributed by atoms with Crippen molar-refractivity contribution in [3.8, 4) is 11.5 Å². The van der Waals surface area contributed by atoms with Crippen molar-refractivity contribution in [2.75, 3.05) is 6.61 Å². The van der Waals surface area contributed by atoms with Crippen LogP contribution < -0.4 is 15.2 Å². The number of quaternary nitrogens is 1. The van der Waals surface area contributed by atoms with Crippen molar-refractivity contribution in [3.63, 3.8) is 0 Å². The lowest BCUT2D eigenvalue weighted by atomic mass is 10.1. The largest absolute Gasteiger partial charge is 0.485 e. The summed E-state index contributed by atoms with van der Waals surface area (Å²) in [7, 11) is 0. The first-order valence-electron chi connectivity index (χ1n) is 9.86. The van der Waals surface area contributed by atoms with Crippen molar-refractivity contribution in [1.82, 2.24) is 0 Å². The quantitative estimate of drug-likeness (QED) is 0.456. The molecule has 3 N–H and O–H groups in total. The fraction of sp³-hybridized carbons (Fsp3) is 0.208. The van der Waals surface area contributed by atoms with Gasteiger partial charge in [0.05, 0.1) is 12.2 Å². The molecule has 1 atom stereocenters. The van der Waals surface area contributed by atoms with Gasteiger partial charge < -0.3 is 19.9 Å². The van der Waals surface area contributed by atoms with E-state index in [2.05, 4.69) is 5.73 Å².